The molecule has 0 saturated carbocycles. The number of piperidine rings is 1. The lowest BCUT2D eigenvalue weighted by Gasteiger charge is -2.37. The molecule has 6 heterocycles. The molecule has 4 aromatic heterocycles. The van der Waals surface area contributed by atoms with Crippen LogP contribution in [0.15, 0.2) is 53.8 Å². The van der Waals surface area contributed by atoms with Crippen LogP contribution in [0.25, 0.3) is 33.3 Å². The molecule has 0 aliphatic carbocycles. The molecule has 41 heavy (non-hydrogen) atoms. The number of likely N-dealkylation sites (tertiary alicyclic amines) is 1. The van der Waals surface area contributed by atoms with Crippen LogP contribution in [0.3, 0.4) is 0 Å². The SMILES string of the molecule is Cc1cccc(-c2cn(CC(=O)N3CCC(n4c(=O)[nH]c5ncccc54)CC3)c3ncnc(N4CC(O)C4)c23)c1F. The molecule has 2 aliphatic heterocycles. The Morgan fingerprint density at radius 1 is 1.10 bits per heavy atom. The number of hydrogen-bond donors (Lipinski definition) is 2. The number of fused-ring (bicyclic) bond motifs is 2. The van der Waals surface area contributed by atoms with E-state index in [-0.39, 0.29) is 30.0 Å². The quantitative estimate of drug-likeness (QED) is 0.341. The molecule has 0 atom stereocenters. The monoisotopic (exact) mass is 556 g/mol. The highest BCUT2D eigenvalue weighted by atomic mass is 19.1. The summed E-state index contributed by atoms with van der Waals surface area (Å²) < 4.78 is 18.8. The van der Waals surface area contributed by atoms with Crippen molar-refractivity contribution < 1.29 is 14.3 Å². The molecular weight excluding hydrogens is 527 g/mol. The van der Waals surface area contributed by atoms with Crippen molar-refractivity contribution in [3.8, 4) is 11.1 Å². The van der Waals surface area contributed by atoms with Crippen molar-refractivity contribution in [1.29, 1.82) is 0 Å². The number of rotatable bonds is 5. The van der Waals surface area contributed by atoms with E-state index in [9.17, 15) is 14.7 Å². The van der Waals surface area contributed by atoms with Gasteiger partial charge in [-0.2, -0.15) is 0 Å². The molecule has 0 spiro atoms. The molecule has 2 saturated heterocycles. The van der Waals surface area contributed by atoms with E-state index in [1.807, 2.05) is 17.0 Å². The summed E-state index contributed by atoms with van der Waals surface area (Å²) in [5.74, 6) is 0.201. The standard InChI is InChI=1S/C29H29FN8O3/c1-17-4-2-5-20(25(17)30)21-14-37(28-24(21)27(32-16-33-28)36-12-19(39)13-36)15-23(40)35-10-7-18(8-11-35)38-22-6-3-9-31-26(22)34-29(38)41/h2-6,9,14,16,18-19,39H,7-8,10-13,15H2,1H3,(H,31,34,41). The van der Waals surface area contributed by atoms with E-state index in [0.29, 0.717) is 78.2 Å². The minimum atomic E-state index is -0.442. The molecule has 1 aromatic carbocycles. The summed E-state index contributed by atoms with van der Waals surface area (Å²) >= 11 is 0. The van der Waals surface area contributed by atoms with Crippen LogP contribution in [-0.2, 0) is 11.3 Å². The van der Waals surface area contributed by atoms with Crippen LogP contribution in [0.5, 0.6) is 0 Å². The van der Waals surface area contributed by atoms with Gasteiger partial charge in [0.05, 0.1) is 17.0 Å². The van der Waals surface area contributed by atoms with Crippen molar-refractivity contribution in [2.24, 2.45) is 0 Å². The number of aromatic nitrogens is 6. The van der Waals surface area contributed by atoms with Gasteiger partial charge in [-0.25, -0.2) is 24.1 Å². The van der Waals surface area contributed by atoms with Crippen LogP contribution in [-0.4, -0.2) is 77.3 Å². The maximum atomic E-state index is 15.3. The number of amides is 1. The number of aromatic amines is 1. The number of aliphatic hydroxyl groups is 1. The van der Waals surface area contributed by atoms with E-state index in [2.05, 4.69) is 19.9 Å². The van der Waals surface area contributed by atoms with Crippen molar-refractivity contribution in [1.82, 2.24) is 34.0 Å². The fourth-order valence-electron chi connectivity index (χ4n) is 6.10. The number of anilines is 1. The van der Waals surface area contributed by atoms with Crippen LogP contribution in [0, 0.1) is 12.7 Å². The third-order valence-electron chi connectivity index (χ3n) is 8.26. The van der Waals surface area contributed by atoms with Crippen LogP contribution >= 0.6 is 0 Å². The average molecular weight is 557 g/mol. The van der Waals surface area contributed by atoms with E-state index in [1.165, 1.54) is 6.33 Å². The zero-order chi connectivity index (χ0) is 28.2. The number of β-amino-alcohol motifs (C(OH)–C–C–N with tert-alkyl or cyclic N) is 1. The van der Waals surface area contributed by atoms with Gasteiger partial charge in [-0.3, -0.25) is 14.3 Å². The number of H-pyrrole nitrogens is 1. The number of carbonyl (C=O) groups is 1. The predicted octanol–water partition coefficient (Wildman–Crippen LogP) is 2.63. The zero-order valence-electron chi connectivity index (χ0n) is 22.5. The van der Waals surface area contributed by atoms with Crippen molar-refractivity contribution in [2.45, 2.75) is 38.5 Å². The van der Waals surface area contributed by atoms with Gasteiger partial charge in [-0.1, -0.05) is 18.2 Å². The van der Waals surface area contributed by atoms with Gasteiger partial charge < -0.3 is 19.5 Å². The fraction of sp³-hybridized carbons (Fsp3) is 0.345. The summed E-state index contributed by atoms with van der Waals surface area (Å²) in [7, 11) is 0. The van der Waals surface area contributed by atoms with Gasteiger partial charge in [0.25, 0.3) is 0 Å². The second kappa shape index (κ2) is 9.81. The molecular formula is C29H29FN8O3. The Morgan fingerprint density at radius 3 is 2.68 bits per heavy atom. The molecule has 12 heteroatoms. The lowest BCUT2D eigenvalue weighted by Crippen LogP contribution is -2.51. The second-order valence-corrected chi connectivity index (χ2v) is 10.8. The number of nitrogens with zero attached hydrogens (tertiary/aromatic N) is 7. The number of carbonyl (C=O) groups excluding carboxylic acids is 1. The number of imidazole rings is 1. The summed E-state index contributed by atoms with van der Waals surface area (Å²) in [6, 6.07) is 8.89. The Morgan fingerprint density at radius 2 is 1.90 bits per heavy atom. The lowest BCUT2D eigenvalue weighted by molar-refractivity contribution is -0.133. The van der Waals surface area contributed by atoms with E-state index >= 15 is 4.39 Å². The average Bonchev–Trinajstić information content (AvgIpc) is 3.49. The lowest BCUT2D eigenvalue weighted by atomic mass is 10.0. The number of aryl methyl sites for hydroxylation is 1. The Labute approximate surface area is 233 Å². The molecule has 2 aliphatic rings. The van der Waals surface area contributed by atoms with Crippen molar-refractivity contribution in [3.63, 3.8) is 0 Å². The number of aliphatic hydroxyl groups excluding tert-OH is 1. The van der Waals surface area contributed by atoms with Gasteiger partial charge in [0, 0.05) is 55.7 Å². The maximum Gasteiger partial charge on any atom is 0.327 e. The van der Waals surface area contributed by atoms with Crippen LogP contribution in [0.2, 0.25) is 0 Å². The number of pyridine rings is 1. The topological polar surface area (TPSA) is 125 Å². The van der Waals surface area contributed by atoms with E-state index in [0.717, 1.165) is 5.52 Å². The number of halogens is 1. The van der Waals surface area contributed by atoms with Gasteiger partial charge in [0.2, 0.25) is 5.91 Å². The van der Waals surface area contributed by atoms with E-state index < -0.39 is 6.10 Å². The fourth-order valence-corrected chi connectivity index (χ4v) is 6.10. The number of benzene rings is 1. The second-order valence-electron chi connectivity index (χ2n) is 10.8. The van der Waals surface area contributed by atoms with Crippen LogP contribution in [0.4, 0.5) is 10.2 Å². The molecule has 7 rings (SSSR count). The third kappa shape index (κ3) is 4.26. The maximum absolute atomic E-state index is 15.3. The van der Waals surface area contributed by atoms with Crippen LogP contribution in [0.1, 0.15) is 24.4 Å². The Hall–Kier alpha value is -4.58. The van der Waals surface area contributed by atoms with E-state index in [4.69, 9.17) is 0 Å². The third-order valence-corrected chi connectivity index (χ3v) is 8.26. The molecule has 0 radical (unpaired) electrons. The summed E-state index contributed by atoms with van der Waals surface area (Å²) in [6.45, 7) is 3.62. The number of nitrogens with one attached hydrogen (secondary N) is 1. The molecule has 5 aromatic rings. The summed E-state index contributed by atoms with van der Waals surface area (Å²) in [5.41, 5.74) is 3.21. The molecule has 1 amide bonds. The smallest absolute Gasteiger partial charge is 0.327 e. The minimum Gasteiger partial charge on any atom is -0.389 e. The van der Waals surface area contributed by atoms with Gasteiger partial charge in [-0.05, 0) is 37.5 Å². The first-order chi connectivity index (χ1) is 19.9. The molecule has 2 fully saturated rings. The van der Waals surface area contributed by atoms with Gasteiger partial charge >= 0.3 is 5.69 Å². The van der Waals surface area contributed by atoms with Gasteiger partial charge in [0.1, 0.15) is 30.2 Å². The molecule has 210 valence electrons. The molecule has 11 nitrogen and oxygen atoms in total. The highest BCUT2D eigenvalue weighted by Gasteiger charge is 2.31. The summed E-state index contributed by atoms with van der Waals surface area (Å²) in [5, 5.41) is 10.6. The molecule has 0 bridgehead atoms. The normalized spacial score (nSPS) is 16.6. The first-order valence-electron chi connectivity index (χ1n) is 13.7. The summed E-state index contributed by atoms with van der Waals surface area (Å²) in [4.78, 5) is 46.0. The highest BCUT2D eigenvalue weighted by molar-refractivity contribution is 6.02. The summed E-state index contributed by atoms with van der Waals surface area (Å²) in [6.07, 6.45) is 5.71. The van der Waals surface area contributed by atoms with Crippen molar-refractivity contribution >= 4 is 33.9 Å². The highest BCUT2D eigenvalue weighted by Crippen LogP contribution is 2.38. The predicted molar refractivity (Wildman–Crippen MR) is 151 cm³/mol. The van der Waals surface area contributed by atoms with E-state index in [1.54, 1.807) is 51.6 Å². The Balaban J connectivity index is 1.17. The first-order valence-corrected chi connectivity index (χ1v) is 13.7. The molecule has 0 unspecified atom stereocenters. The first kappa shape index (κ1) is 25.4. The van der Waals surface area contributed by atoms with Crippen molar-refractivity contribution in [3.05, 3.63) is 70.9 Å². The zero-order valence-corrected chi connectivity index (χ0v) is 22.5. The Bertz CT molecular complexity index is 1850. The van der Waals surface area contributed by atoms with Gasteiger partial charge in [0.15, 0.2) is 5.65 Å². The molecule has 2 N–H and O–H groups in total. The van der Waals surface area contributed by atoms with Crippen LogP contribution < -0.4 is 10.6 Å². The minimum absolute atomic E-state index is 0.0324. The number of hydrogen-bond acceptors (Lipinski definition) is 7. The largest absolute Gasteiger partial charge is 0.389 e. The van der Waals surface area contributed by atoms with Gasteiger partial charge in [-0.15, -0.1) is 0 Å². The van der Waals surface area contributed by atoms with Crippen molar-refractivity contribution in [2.75, 3.05) is 31.1 Å². The Kier molecular flexibility index (Phi) is 6.07.